The Morgan fingerprint density at radius 2 is 1.45 bits per heavy atom. The van der Waals surface area contributed by atoms with E-state index < -0.39 is 11.8 Å². The molecule has 2 amide bonds. The van der Waals surface area contributed by atoms with Crippen LogP contribution in [0.4, 0.5) is 5.69 Å². The van der Waals surface area contributed by atoms with E-state index in [4.69, 9.17) is 12.2 Å². The zero-order valence-corrected chi connectivity index (χ0v) is 20.6. The van der Waals surface area contributed by atoms with E-state index in [1.54, 1.807) is 18.2 Å². The fourth-order valence-corrected chi connectivity index (χ4v) is 4.37. The first-order valence-corrected chi connectivity index (χ1v) is 11.4. The molecule has 8 heteroatoms. The molecule has 0 aliphatic carbocycles. The van der Waals surface area contributed by atoms with Gasteiger partial charge in [-0.2, -0.15) is 0 Å². The second kappa shape index (κ2) is 8.53. The molecule has 3 aromatic rings. The van der Waals surface area contributed by atoms with E-state index in [-0.39, 0.29) is 10.7 Å². The summed E-state index contributed by atoms with van der Waals surface area (Å²) in [4.78, 5) is 27.2. The van der Waals surface area contributed by atoms with E-state index in [0.717, 1.165) is 31.6 Å². The fraction of sp³-hybridized carbons (Fsp3) is 0.0870. The number of nitrogens with one attached hydrogen (secondary N) is 1. The Morgan fingerprint density at radius 1 is 0.903 bits per heavy atom. The van der Waals surface area contributed by atoms with Crippen molar-refractivity contribution >= 4 is 72.8 Å². The Kier molecular flexibility index (Phi) is 5.96. The van der Waals surface area contributed by atoms with Crippen LogP contribution >= 0.6 is 44.1 Å². The van der Waals surface area contributed by atoms with Crippen LogP contribution in [0.1, 0.15) is 17.0 Å². The van der Waals surface area contributed by atoms with Gasteiger partial charge in [-0.05, 0) is 92.3 Å². The summed E-state index contributed by atoms with van der Waals surface area (Å²) in [6.45, 7) is 3.95. The number of carbonyl (C=O) groups excluding carboxylic acids is 2. The first-order chi connectivity index (χ1) is 14.8. The van der Waals surface area contributed by atoms with Gasteiger partial charge in [0.25, 0.3) is 11.8 Å². The fourth-order valence-electron chi connectivity index (χ4n) is 3.56. The van der Waals surface area contributed by atoms with E-state index in [9.17, 15) is 9.59 Å². The summed E-state index contributed by atoms with van der Waals surface area (Å²) < 4.78 is 3.96. The normalized spacial score (nSPS) is 15.5. The van der Waals surface area contributed by atoms with Crippen LogP contribution in [-0.4, -0.2) is 21.5 Å². The highest BCUT2D eigenvalue weighted by Crippen LogP contribution is 2.27. The number of aryl methyl sites for hydroxylation is 1. The summed E-state index contributed by atoms with van der Waals surface area (Å²) in [6, 6.07) is 17.1. The van der Waals surface area contributed by atoms with Gasteiger partial charge in [0.2, 0.25) is 0 Å². The van der Waals surface area contributed by atoms with Crippen molar-refractivity contribution in [3.8, 4) is 5.69 Å². The van der Waals surface area contributed by atoms with Gasteiger partial charge >= 0.3 is 0 Å². The summed E-state index contributed by atoms with van der Waals surface area (Å²) in [5.41, 5.74) is 4.34. The SMILES string of the molecule is Cc1cc(C=C2C(=O)NC(=S)N(c3ccc(Br)cc3)C2=O)c(C)n1-c1ccc(Br)cc1. The zero-order chi connectivity index (χ0) is 22.3. The van der Waals surface area contributed by atoms with Crippen LogP contribution in [0, 0.1) is 13.8 Å². The van der Waals surface area contributed by atoms with Crippen LogP contribution in [-0.2, 0) is 9.59 Å². The summed E-state index contributed by atoms with van der Waals surface area (Å²) in [6.07, 6.45) is 1.63. The molecule has 1 fully saturated rings. The Morgan fingerprint density at radius 3 is 2.03 bits per heavy atom. The van der Waals surface area contributed by atoms with Crippen molar-refractivity contribution in [3.63, 3.8) is 0 Å². The van der Waals surface area contributed by atoms with Gasteiger partial charge in [0.05, 0.1) is 5.69 Å². The van der Waals surface area contributed by atoms with Gasteiger partial charge in [-0.15, -0.1) is 0 Å². The largest absolute Gasteiger partial charge is 0.318 e. The van der Waals surface area contributed by atoms with Crippen molar-refractivity contribution < 1.29 is 9.59 Å². The smallest absolute Gasteiger partial charge is 0.270 e. The van der Waals surface area contributed by atoms with Crippen LogP contribution in [0.25, 0.3) is 11.8 Å². The minimum absolute atomic E-state index is 0.0348. The average molecular weight is 559 g/mol. The molecule has 156 valence electrons. The van der Waals surface area contributed by atoms with Crippen LogP contribution in [0.5, 0.6) is 0 Å². The summed E-state index contributed by atoms with van der Waals surface area (Å²) >= 11 is 12.1. The number of anilines is 1. The summed E-state index contributed by atoms with van der Waals surface area (Å²) in [7, 11) is 0. The van der Waals surface area contributed by atoms with Gasteiger partial charge in [0.1, 0.15) is 5.57 Å². The van der Waals surface area contributed by atoms with E-state index in [1.165, 1.54) is 4.90 Å². The molecule has 1 aliphatic heterocycles. The molecule has 0 radical (unpaired) electrons. The van der Waals surface area contributed by atoms with Crippen LogP contribution < -0.4 is 10.2 Å². The van der Waals surface area contributed by atoms with Crippen molar-refractivity contribution in [2.75, 3.05) is 4.90 Å². The maximum atomic E-state index is 13.2. The molecule has 0 bridgehead atoms. The molecular formula is C23H17Br2N3O2S. The van der Waals surface area contributed by atoms with E-state index in [1.807, 2.05) is 56.3 Å². The van der Waals surface area contributed by atoms with Gasteiger partial charge in [0, 0.05) is 26.0 Å². The standard InChI is InChI=1S/C23H17Br2N3O2S/c1-13-11-15(14(2)27(13)18-7-3-16(24)4-8-18)12-20-21(29)26-23(31)28(22(20)30)19-9-5-17(25)6-10-19/h3-12H,1-2H3,(H,26,29,31). The van der Waals surface area contributed by atoms with Crippen molar-refractivity contribution in [2.45, 2.75) is 13.8 Å². The third kappa shape index (κ3) is 4.15. The van der Waals surface area contributed by atoms with Gasteiger partial charge in [-0.3, -0.25) is 19.8 Å². The lowest BCUT2D eigenvalue weighted by Crippen LogP contribution is -2.54. The second-order valence-corrected chi connectivity index (χ2v) is 9.29. The van der Waals surface area contributed by atoms with Gasteiger partial charge in [-0.1, -0.05) is 31.9 Å². The Bertz CT molecular complexity index is 1250. The monoisotopic (exact) mass is 557 g/mol. The molecule has 1 N–H and O–H groups in total. The van der Waals surface area contributed by atoms with Gasteiger partial charge in [-0.25, -0.2) is 0 Å². The Balaban J connectivity index is 1.75. The topological polar surface area (TPSA) is 54.3 Å². The highest BCUT2D eigenvalue weighted by Gasteiger charge is 2.34. The Hall–Kier alpha value is -2.55. The van der Waals surface area contributed by atoms with Crippen LogP contribution in [0.15, 0.2) is 69.1 Å². The number of carbonyl (C=O) groups is 2. The molecule has 0 atom stereocenters. The van der Waals surface area contributed by atoms with Crippen LogP contribution in [0.2, 0.25) is 0 Å². The molecule has 1 aromatic heterocycles. The number of hydrogen-bond donors (Lipinski definition) is 1. The second-order valence-electron chi connectivity index (χ2n) is 7.07. The number of nitrogens with zero attached hydrogens (tertiary/aromatic N) is 2. The zero-order valence-electron chi connectivity index (χ0n) is 16.6. The van der Waals surface area contributed by atoms with E-state index in [0.29, 0.717) is 5.69 Å². The highest BCUT2D eigenvalue weighted by atomic mass is 79.9. The molecule has 2 heterocycles. The average Bonchev–Trinajstić information content (AvgIpc) is 3.00. The maximum absolute atomic E-state index is 13.2. The summed E-state index contributed by atoms with van der Waals surface area (Å²) in [5.74, 6) is -0.957. The molecule has 31 heavy (non-hydrogen) atoms. The molecule has 1 saturated heterocycles. The van der Waals surface area contributed by atoms with Crippen molar-refractivity contribution in [1.29, 1.82) is 0 Å². The van der Waals surface area contributed by atoms with Crippen molar-refractivity contribution in [1.82, 2.24) is 9.88 Å². The molecule has 2 aromatic carbocycles. The molecule has 1 aliphatic rings. The number of amides is 2. The van der Waals surface area contributed by atoms with Gasteiger partial charge in [0.15, 0.2) is 5.11 Å². The van der Waals surface area contributed by atoms with E-state index >= 15 is 0 Å². The minimum Gasteiger partial charge on any atom is -0.318 e. The first-order valence-electron chi connectivity index (χ1n) is 9.38. The molecule has 0 saturated carbocycles. The lowest BCUT2D eigenvalue weighted by Gasteiger charge is -2.29. The molecule has 5 nitrogen and oxygen atoms in total. The number of halogens is 2. The third-order valence-electron chi connectivity index (χ3n) is 5.04. The predicted octanol–water partition coefficient (Wildman–Crippen LogP) is 5.45. The van der Waals surface area contributed by atoms with E-state index in [2.05, 4.69) is 41.7 Å². The molecular weight excluding hydrogens is 542 g/mol. The first kappa shape index (κ1) is 21.7. The molecule has 0 spiro atoms. The maximum Gasteiger partial charge on any atom is 0.270 e. The highest BCUT2D eigenvalue weighted by molar-refractivity contribution is 9.10. The van der Waals surface area contributed by atoms with Crippen LogP contribution in [0.3, 0.4) is 0 Å². The number of aromatic nitrogens is 1. The lowest BCUT2D eigenvalue weighted by atomic mass is 10.1. The number of hydrogen-bond acceptors (Lipinski definition) is 3. The number of thiocarbonyl (C=S) groups is 1. The lowest BCUT2D eigenvalue weighted by molar-refractivity contribution is -0.122. The summed E-state index contributed by atoms with van der Waals surface area (Å²) in [5, 5.41) is 2.69. The predicted molar refractivity (Wildman–Crippen MR) is 133 cm³/mol. The number of rotatable bonds is 3. The van der Waals surface area contributed by atoms with Crippen molar-refractivity contribution in [2.24, 2.45) is 0 Å². The third-order valence-corrected chi connectivity index (χ3v) is 6.38. The Labute approximate surface area is 202 Å². The van der Waals surface area contributed by atoms with Crippen molar-refractivity contribution in [3.05, 3.63) is 86.1 Å². The number of benzene rings is 2. The molecule has 4 rings (SSSR count). The quantitative estimate of drug-likeness (QED) is 0.264. The molecule has 0 unspecified atom stereocenters. The minimum atomic E-state index is -0.503. The van der Waals surface area contributed by atoms with Gasteiger partial charge < -0.3 is 4.57 Å².